The molecule has 2 unspecified atom stereocenters. The zero-order valence-corrected chi connectivity index (χ0v) is 13.8. The summed E-state index contributed by atoms with van der Waals surface area (Å²) in [5, 5.41) is 19.3. The second-order valence-corrected chi connectivity index (χ2v) is 6.33. The Morgan fingerprint density at radius 3 is 1.96 bits per heavy atom. The van der Waals surface area contributed by atoms with Crippen molar-refractivity contribution >= 4 is 11.3 Å². The van der Waals surface area contributed by atoms with E-state index in [1.54, 1.807) is 0 Å². The quantitative estimate of drug-likeness (QED) is 0.554. The van der Waals surface area contributed by atoms with E-state index in [2.05, 4.69) is 0 Å². The molecule has 1 aromatic rings. The fourth-order valence-electron chi connectivity index (χ4n) is 2.00. The Morgan fingerprint density at radius 1 is 1.04 bits per heavy atom. The number of benzene rings is 1. The van der Waals surface area contributed by atoms with Gasteiger partial charge in [0.15, 0.2) is 11.2 Å². The number of hydrogen-bond donors (Lipinski definition) is 3. The van der Waals surface area contributed by atoms with Crippen molar-refractivity contribution in [1.29, 1.82) is 0 Å². The molecule has 0 heterocycles. The van der Waals surface area contributed by atoms with Crippen LogP contribution in [0.2, 0.25) is 0 Å². The van der Waals surface area contributed by atoms with Crippen LogP contribution in [0.15, 0.2) is 24.3 Å². The molecule has 0 aliphatic rings. The van der Waals surface area contributed by atoms with Crippen LogP contribution < -0.4 is 5.73 Å². The summed E-state index contributed by atoms with van der Waals surface area (Å²) in [6.07, 6.45) is -11.1. The van der Waals surface area contributed by atoms with Crippen molar-refractivity contribution in [2.75, 3.05) is 5.73 Å². The van der Waals surface area contributed by atoms with Crippen LogP contribution in [0.25, 0.3) is 5.57 Å². The third-order valence-electron chi connectivity index (χ3n) is 3.82. The van der Waals surface area contributed by atoms with Gasteiger partial charge in [-0.05, 0) is 55.7 Å². The lowest BCUT2D eigenvalue weighted by atomic mass is 9.87. The highest BCUT2D eigenvalue weighted by molar-refractivity contribution is 5.70. The van der Waals surface area contributed by atoms with Crippen LogP contribution in [0.5, 0.6) is 0 Å². The molecule has 0 saturated heterocycles. The van der Waals surface area contributed by atoms with Crippen LogP contribution in [-0.4, -0.2) is 33.8 Å². The predicted molar refractivity (Wildman–Crippen MR) is 81.5 cm³/mol. The number of nitrogens with two attached hydrogens (primary N) is 1. The molecule has 2 atom stereocenters. The van der Waals surface area contributed by atoms with E-state index in [-0.39, 0.29) is 11.6 Å². The van der Waals surface area contributed by atoms with E-state index >= 15 is 0 Å². The summed E-state index contributed by atoms with van der Waals surface area (Å²) in [5.74, 6) is 0. The molecule has 0 amide bonds. The number of alkyl halides is 6. The van der Waals surface area contributed by atoms with Crippen molar-refractivity contribution in [2.24, 2.45) is 0 Å². The number of aryl methyl sites for hydroxylation is 1. The Bertz CT molecular complexity index is 660. The van der Waals surface area contributed by atoms with Crippen LogP contribution in [0.1, 0.15) is 31.4 Å². The number of hydrogen-bond acceptors (Lipinski definition) is 3. The summed E-state index contributed by atoms with van der Waals surface area (Å²) in [6, 6.07) is 3.84. The Kier molecular flexibility index (Phi) is 5.56. The maximum atomic E-state index is 12.9. The van der Waals surface area contributed by atoms with Gasteiger partial charge in [0.2, 0.25) is 0 Å². The van der Waals surface area contributed by atoms with Gasteiger partial charge in [0.05, 0.1) is 0 Å². The Hall–Kier alpha value is -1.74. The zero-order valence-electron chi connectivity index (χ0n) is 13.8. The summed E-state index contributed by atoms with van der Waals surface area (Å²) in [4.78, 5) is 0. The monoisotopic (exact) mass is 371 g/mol. The third-order valence-corrected chi connectivity index (χ3v) is 3.82. The summed E-state index contributed by atoms with van der Waals surface area (Å²) >= 11 is 0. The minimum absolute atomic E-state index is 0.0132. The summed E-state index contributed by atoms with van der Waals surface area (Å²) < 4.78 is 77.6. The lowest BCUT2D eigenvalue weighted by Gasteiger charge is -2.30. The van der Waals surface area contributed by atoms with Crippen molar-refractivity contribution in [2.45, 2.75) is 50.7 Å². The van der Waals surface area contributed by atoms with Gasteiger partial charge in [-0.15, -0.1) is 0 Å². The first kappa shape index (κ1) is 21.3. The molecule has 0 aliphatic heterocycles. The van der Waals surface area contributed by atoms with Gasteiger partial charge in [-0.3, -0.25) is 0 Å². The van der Waals surface area contributed by atoms with Crippen molar-refractivity contribution in [3.05, 3.63) is 35.4 Å². The molecule has 0 aliphatic carbocycles. The average molecular weight is 371 g/mol. The molecule has 0 saturated carbocycles. The second kappa shape index (κ2) is 6.53. The molecule has 1 rings (SSSR count). The van der Waals surface area contributed by atoms with Gasteiger partial charge >= 0.3 is 12.4 Å². The first-order chi connectivity index (χ1) is 11.0. The lowest BCUT2D eigenvalue weighted by molar-refractivity contribution is -0.250. The summed E-state index contributed by atoms with van der Waals surface area (Å²) in [6.45, 7) is 2.40. The Balaban J connectivity index is 3.50. The maximum absolute atomic E-state index is 12.9. The molecular formula is C16H19F6NO2. The predicted octanol–water partition coefficient (Wildman–Crippen LogP) is 3.98. The third kappa shape index (κ3) is 4.88. The van der Waals surface area contributed by atoms with Crippen molar-refractivity contribution in [1.82, 2.24) is 0 Å². The molecule has 25 heavy (non-hydrogen) atoms. The van der Waals surface area contributed by atoms with Gasteiger partial charge < -0.3 is 15.9 Å². The maximum Gasteiger partial charge on any atom is 0.420 e. The highest BCUT2D eigenvalue weighted by Crippen LogP contribution is 2.40. The fourth-order valence-corrected chi connectivity index (χ4v) is 2.00. The molecule has 0 aromatic heterocycles. The second-order valence-electron chi connectivity index (χ2n) is 6.33. The zero-order chi connectivity index (χ0) is 19.8. The molecule has 3 nitrogen and oxygen atoms in total. The number of nitrogen functional groups attached to an aromatic ring is 1. The van der Waals surface area contributed by atoms with E-state index in [4.69, 9.17) is 5.73 Å². The van der Waals surface area contributed by atoms with E-state index in [0.29, 0.717) is 25.1 Å². The van der Waals surface area contributed by atoms with Crippen molar-refractivity contribution in [3.8, 4) is 0 Å². The van der Waals surface area contributed by atoms with Crippen molar-refractivity contribution < 1.29 is 36.6 Å². The molecule has 142 valence electrons. The van der Waals surface area contributed by atoms with Gasteiger partial charge in [-0.2, -0.15) is 26.3 Å². The smallest absolute Gasteiger partial charge is 0.399 e. The molecule has 1 aromatic carbocycles. The molecule has 0 radical (unpaired) electrons. The van der Waals surface area contributed by atoms with Crippen LogP contribution >= 0.6 is 0 Å². The Labute approximate surface area is 140 Å². The minimum atomic E-state index is -5.11. The first-order valence-corrected chi connectivity index (χ1v) is 7.14. The minimum Gasteiger partial charge on any atom is -0.399 e. The summed E-state index contributed by atoms with van der Waals surface area (Å²) in [7, 11) is 0. The normalized spacial score (nSPS) is 18.6. The highest BCUT2D eigenvalue weighted by Gasteiger charge is 2.52. The van der Waals surface area contributed by atoms with Gasteiger partial charge in [0, 0.05) is 12.1 Å². The lowest BCUT2D eigenvalue weighted by Crippen LogP contribution is -2.43. The molecule has 0 fully saturated rings. The number of rotatable bonds is 4. The Morgan fingerprint density at radius 2 is 1.56 bits per heavy atom. The van der Waals surface area contributed by atoms with Gasteiger partial charge in [-0.1, -0.05) is 6.07 Å². The molecule has 4 N–H and O–H groups in total. The average Bonchev–Trinajstić information content (AvgIpc) is 2.38. The number of anilines is 1. The topological polar surface area (TPSA) is 66.5 Å². The first-order valence-electron chi connectivity index (χ1n) is 7.14. The number of halogens is 6. The van der Waals surface area contributed by atoms with Crippen LogP contribution in [0.4, 0.5) is 32.0 Å². The van der Waals surface area contributed by atoms with Gasteiger partial charge in [0.1, 0.15) is 0 Å². The fraction of sp³-hybridized carbons (Fsp3) is 0.500. The van der Waals surface area contributed by atoms with Gasteiger partial charge in [-0.25, -0.2) is 0 Å². The molecule has 0 spiro atoms. The number of aliphatic hydroxyl groups is 2. The van der Waals surface area contributed by atoms with Crippen molar-refractivity contribution in [3.63, 3.8) is 0 Å². The van der Waals surface area contributed by atoms with E-state index < -0.39 is 35.5 Å². The molecule has 9 heteroatoms. The van der Waals surface area contributed by atoms with Gasteiger partial charge in [0.25, 0.3) is 0 Å². The standard InChI is InChI=1S/C16H19F6NO2/c1-9-6-10(4-5-12(9)23)11(7-13(2,24)15(17,18)19)8-14(3,25)16(20,21)22/h4-7,24-25H,8,23H2,1-3H3/b11-7+. The van der Waals surface area contributed by atoms with E-state index in [0.717, 1.165) is 0 Å². The van der Waals surface area contributed by atoms with Crippen LogP contribution in [-0.2, 0) is 0 Å². The van der Waals surface area contributed by atoms with E-state index in [1.165, 1.54) is 25.1 Å². The summed E-state index contributed by atoms with van der Waals surface area (Å²) in [5.41, 5.74) is -0.842. The largest absolute Gasteiger partial charge is 0.420 e. The molecule has 0 bridgehead atoms. The SMILES string of the molecule is Cc1cc(/C(=C/C(C)(O)C(F)(F)F)CC(C)(O)C(F)(F)F)ccc1N. The van der Waals surface area contributed by atoms with E-state index in [9.17, 15) is 36.6 Å². The highest BCUT2D eigenvalue weighted by atomic mass is 19.4. The molecular weight excluding hydrogens is 352 g/mol. The van der Waals surface area contributed by atoms with E-state index in [1.807, 2.05) is 0 Å². The van der Waals surface area contributed by atoms with Crippen LogP contribution in [0, 0.1) is 6.92 Å². The van der Waals surface area contributed by atoms with Crippen LogP contribution in [0.3, 0.4) is 0 Å².